The summed E-state index contributed by atoms with van der Waals surface area (Å²) in [6.45, 7) is 8.42. The molecule has 0 atom stereocenters. The lowest BCUT2D eigenvalue weighted by Crippen LogP contribution is -2.39. The molecular formula is C25H33NO9. The molecule has 1 heterocycles. The number of nitrogens with zero attached hydrogens (tertiary/aromatic N) is 1. The molecule has 0 aromatic heterocycles. The van der Waals surface area contributed by atoms with Crippen LogP contribution in [0.2, 0.25) is 0 Å². The van der Waals surface area contributed by atoms with E-state index in [-0.39, 0.29) is 42.4 Å². The van der Waals surface area contributed by atoms with Crippen molar-refractivity contribution in [2.24, 2.45) is 0 Å². The van der Waals surface area contributed by atoms with E-state index < -0.39 is 23.9 Å². The molecule has 10 nitrogen and oxygen atoms in total. The zero-order chi connectivity index (χ0) is 26.3. The quantitative estimate of drug-likeness (QED) is 0.375. The smallest absolute Gasteiger partial charge is 0.418 e. The van der Waals surface area contributed by atoms with Gasteiger partial charge in [0.2, 0.25) is 0 Å². The molecule has 0 spiro atoms. The summed E-state index contributed by atoms with van der Waals surface area (Å²) in [7, 11) is 4.40. The number of rotatable bonds is 9. The van der Waals surface area contributed by atoms with Gasteiger partial charge in [0.15, 0.2) is 0 Å². The summed E-state index contributed by atoms with van der Waals surface area (Å²) in [5.41, 5.74) is 0.976. The minimum absolute atomic E-state index is 0.0512. The fourth-order valence-electron chi connectivity index (χ4n) is 4.07. The van der Waals surface area contributed by atoms with Crippen molar-refractivity contribution < 1.29 is 42.8 Å². The van der Waals surface area contributed by atoms with Gasteiger partial charge in [0.25, 0.3) is 0 Å². The first-order valence-electron chi connectivity index (χ1n) is 11.2. The molecule has 192 valence electrons. The van der Waals surface area contributed by atoms with Crippen LogP contribution in [-0.2, 0) is 23.8 Å². The van der Waals surface area contributed by atoms with Crippen LogP contribution in [0.3, 0.4) is 0 Å². The summed E-state index contributed by atoms with van der Waals surface area (Å²) in [5.74, 6) is -1.39. The summed E-state index contributed by atoms with van der Waals surface area (Å²) in [4.78, 5) is 40.8. The topological polar surface area (TPSA) is 110 Å². The van der Waals surface area contributed by atoms with Gasteiger partial charge in [-0.1, -0.05) is 0 Å². The highest BCUT2D eigenvalue weighted by Crippen LogP contribution is 2.50. The standard InChI is InChI=1S/C25H33NO9/c1-9-33-23(27)19-14(4)26(25(29)35-11-3)15(5)20(24(28)34-10-2)22(19)21-17(31-7)12-16(30-6)13-18(21)32-8/h12-13,22H,9-11H2,1-8H3. The van der Waals surface area contributed by atoms with Crippen molar-refractivity contribution in [2.75, 3.05) is 41.2 Å². The second kappa shape index (κ2) is 12.1. The lowest BCUT2D eigenvalue weighted by Gasteiger charge is -2.36. The molecular weight excluding hydrogens is 458 g/mol. The number of hydrogen-bond acceptors (Lipinski definition) is 9. The third kappa shape index (κ3) is 5.36. The molecule has 0 unspecified atom stereocenters. The number of benzene rings is 1. The van der Waals surface area contributed by atoms with Gasteiger partial charge < -0.3 is 28.4 Å². The molecule has 0 N–H and O–H groups in total. The first kappa shape index (κ1) is 27.6. The highest BCUT2D eigenvalue weighted by atomic mass is 16.6. The summed E-state index contributed by atoms with van der Waals surface area (Å²) < 4.78 is 32.5. The number of ether oxygens (including phenoxy) is 6. The highest BCUT2D eigenvalue weighted by molar-refractivity contribution is 6.01. The van der Waals surface area contributed by atoms with E-state index in [4.69, 9.17) is 28.4 Å². The Morgan fingerprint density at radius 3 is 1.51 bits per heavy atom. The lowest BCUT2D eigenvalue weighted by molar-refractivity contribution is -0.139. The van der Waals surface area contributed by atoms with E-state index in [0.717, 1.165) is 0 Å². The predicted octanol–water partition coefficient (Wildman–Crippen LogP) is 3.94. The van der Waals surface area contributed by atoms with Crippen molar-refractivity contribution in [3.8, 4) is 17.2 Å². The Bertz CT molecular complexity index is 974. The number of carbonyl (C=O) groups is 3. The van der Waals surface area contributed by atoms with Crippen LogP contribution in [0.25, 0.3) is 0 Å². The first-order valence-corrected chi connectivity index (χ1v) is 11.2. The van der Waals surface area contributed by atoms with E-state index in [0.29, 0.717) is 22.8 Å². The molecule has 2 rings (SSSR count). The van der Waals surface area contributed by atoms with Gasteiger partial charge in [0.1, 0.15) is 17.2 Å². The third-order valence-electron chi connectivity index (χ3n) is 5.51. The largest absolute Gasteiger partial charge is 0.496 e. The van der Waals surface area contributed by atoms with Crippen molar-refractivity contribution in [3.05, 3.63) is 40.2 Å². The highest BCUT2D eigenvalue weighted by Gasteiger charge is 2.45. The molecule has 0 radical (unpaired) electrons. The zero-order valence-corrected chi connectivity index (χ0v) is 21.5. The number of amides is 1. The van der Waals surface area contributed by atoms with Crippen molar-refractivity contribution in [2.45, 2.75) is 40.5 Å². The molecule has 0 aliphatic carbocycles. The van der Waals surface area contributed by atoms with Crippen molar-refractivity contribution in [1.29, 1.82) is 0 Å². The van der Waals surface area contributed by atoms with E-state index in [1.165, 1.54) is 26.2 Å². The summed E-state index contributed by atoms with van der Waals surface area (Å²) in [6.07, 6.45) is -0.738. The third-order valence-corrected chi connectivity index (χ3v) is 5.51. The number of allylic oxidation sites excluding steroid dienone is 2. The minimum atomic E-state index is -1.03. The molecule has 0 bridgehead atoms. The average molecular weight is 492 g/mol. The SMILES string of the molecule is CCOC(=O)C1=C(C)N(C(=O)OCC)C(C)=C(C(=O)OCC)C1c1c(OC)cc(OC)cc1OC. The molecule has 1 amide bonds. The summed E-state index contributed by atoms with van der Waals surface area (Å²) in [6, 6.07) is 3.23. The molecule has 0 saturated heterocycles. The van der Waals surface area contributed by atoms with Crippen LogP contribution in [0.4, 0.5) is 4.79 Å². The second-order valence-electron chi connectivity index (χ2n) is 7.35. The van der Waals surface area contributed by atoms with Crippen LogP contribution >= 0.6 is 0 Å². The molecule has 10 heteroatoms. The van der Waals surface area contributed by atoms with E-state index in [1.54, 1.807) is 46.8 Å². The molecule has 0 fully saturated rings. The number of methoxy groups -OCH3 is 3. The van der Waals surface area contributed by atoms with Crippen LogP contribution in [0.1, 0.15) is 46.1 Å². The fraction of sp³-hybridized carbons (Fsp3) is 0.480. The van der Waals surface area contributed by atoms with Crippen molar-refractivity contribution >= 4 is 18.0 Å². The van der Waals surface area contributed by atoms with E-state index in [1.807, 2.05) is 0 Å². The lowest BCUT2D eigenvalue weighted by atomic mass is 9.78. The Labute approximate surface area is 205 Å². The number of esters is 2. The van der Waals surface area contributed by atoms with Crippen LogP contribution in [0.15, 0.2) is 34.7 Å². The first-order chi connectivity index (χ1) is 16.7. The van der Waals surface area contributed by atoms with E-state index in [2.05, 4.69) is 0 Å². The van der Waals surface area contributed by atoms with Gasteiger partial charge in [0, 0.05) is 29.1 Å². The Morgan fingerprint density at radius 2 is 1.17 bits per heavy atom. The van der Waals surface area contributed by atoms with Crippen LogP contribution < -0.4 is 14.2 Å². The minimum Gasteiger partial charge on any atom is -0.496 e. The average Bonchev–Trinajstić information content (AvgIpc) is 2.83. The number of hydrogen-bond donors (Lipinski definition) is 0. The molecule has 1 aliphatic heterocycles. The summed E-state index contributed by atoms with van der Waals surface area (Å²) >= 11 is 0. The predicted molar refractivity (Wildman–Crippen MR) is 126 cm³/mol. The van der Waals surface area contributed by atoms with Gasteiger partial charge in [-0.15, -0.1) is 0 Å². The van der Waals surface area contributed by atoms with E-state index in [9.17, 15) is 14.4 Å². The Morgan fingerprint density at radius 1 is 0.743 bits per heavy atom. The van der Waals surface area contributed by atoms with Crippen LogP contribution in [0.5, 0.6) is 17.2 Å². The van der Waals surface area contributed by atoms with Crippen molar-refractivity contribution in [1.82, 2.24) is 4.90 Å². The fourth-order valence-corrected chi connectivity index (χ4v) is 4.07. The number of carbonyl (C=O) groups excluding carboxylic acids is 3. The van der Waals surface area contributed by atoms with Gasteiger partial charge in [0.05, 0.1) is 58.2 Å². The van der Waals surface area contributed by atoms with Gasteiger partial charge in [-0.2, -0.15) is 0 Å². The Kier molecular flexibility index (Phi) is 9.56. The summed E-state index contributed by atoms with van der Waals surface area (Å²) in [5, 5.41) is 0. The molecule has 1 aromatic carbocycles. The van der Waals surface area contributed by atoms with E-state index >= 15 is 0 Å². The molecule has 1 aliphatic rings. The zero-order valence-electron chi connectivity index (χ0n) is 21.5. The maximum Gasteiger partial charge on any atom is 0.418 e. The van der Waals surface area contributed by atoms with Gasteiger partial charge in [-0.05, 0) is 34.6 Å². The molecule has 1 aromatic rings. The maximum atomic E-state index is 13.3. The Balaban J connectivity index is 3.02. The normalized spacial score (nSPS) is 14.0. The van der Waals surface area contributed by atoms with Crippen LogP contribution in [-0.4, -0.2) is 64.1 Å². The van der Waals surface area contributed by atoms with Crippen LogP contribution in [0, 0.1) is 0 Å². The molecule has 0 saturated carbocycles. The Hall–Kier alpha value is -3.69. The maximum absolute atomic E-state index is 13.3. The van der Waals surface area contributed by atoms with Crippen molar-refractivity contribution in [3.63, 3.8) is 0 Å². The monoisotopic (exact) mass is 491 g/mol. The van der Waals surface area contributed by atoms with Gasteiger partial charge >= 0.3 is 18.0 Å². The molecule has 35 heavy (non-hydrogen) atoms. The second-order valence-corrected chi connectivity index (χ2v) is 7.35. The van der Waals surface area contributed by atoms with Gasteiger partial charge in [-0.3, -0.25) is 4.90 Å². The van der Waals surface area contributed by atoms with Gasteiger partial charge in [-0.25, -0.2) is 14.4 Å².